The van der Waals surface area contributed by atoms with Crippen molar-refractivity contribution < 1.29 is 0 Å². The summed E-state index contributed by atoms with van der Waals surface area (Å²) in [5, 5.41) is 6.89. The van der Waals surface area contributed by atoms with Crippen LogP contribution in [0.25, 0.3) is 0 Å². The highest BCUT2D eigenvalue weighted by atomic mass is 32.1. The van der Waals surface area contributed by atoms with Gasteiger partial charge < -0.3 is 15.1 Å². The molecule has 2 aliphatic heterocycles. The molecule has 1 N–H and O–H groups in total. The lowest BCUT2D eigenvalue weighted by molar-refractivity contribution is 0.102. The first-order valence-electron chi connectivity index (χ1n) is 8.38. The molecule has 0 amide bonds. The van der Waals surface area contributed by atoms with E-state index >= 15 is 0 Å². The summed E-state index contributed by atoms with van der Waals surface area (Å²) in [7, 11) is 2.30. The number of hydrogen-bond acceptors (Lipinski definition) is 5. The maximum absolute atomic E-state index is 4.83. The minimum atomic E-state index is 0.806. The van der Waals surface area contributed by atoms with Gasteiger partial charge in [0.2, 0.25) is 0 Å². The average Bonchev–Trinajstić information content (AvgIpc) is 2.96. The van der Waals surface area contributed by atoms with Gasteiger partial charge in [-0.15, -0.1) is 11.3 Å². The van der Waals surface area contributed by atoms with Gasteiger partial charge in [0.05, 0.1) is 5.69 Å². The largest absolute Gasteiger partial charge is 0.348 e. The number of nitrogens with zero attached hydrogens (tertiary/aromatic N) is 3. The van der Waals surface area contributed by atoms with Crippen LogP contribution in [0.15, 0.2) is 5.38 Å². The summed E-state index contributed by atoms with van der Waals surface area (Å²) >= 11 is 1.82. The standard InChI is InChI=1S/C16H28N4S/c1-3-7-17-10-14-12-21-16(18-14)20-9-6-15-13(11-20)5-4-8-19(15)2/h12-13,15,17H,3-11H2,1-2H3. The molecule has 0 radical (unpaired) electrons. The summed E-state index contributed by atoms with van der Waals surface area (Å²) in [4.78, 5) is 9.93. The Bertz CT molecular complexity index is 447. The van der Waals surface area contributed by atoms with Crippen molar-refractivity contribution in [3.63, 3.8) is 0 Å². The van der Waals surface area contributed by atoms with Crippen LogP contribution in [0.3, 0.4) is 0 Å². The second-order valence-electron chi connectivity index (χ2n) is 6.48. The fraction of sp³-hybridized carbons (Fsp3) is 0.812. The van der Waals surface area contributed by atoms with Crippen LogP contribution in [0.5, 0.6) is 0 Å². The third-order valence-electron chi connectivity index (χ3n) is 4.89. The molecule has 0 aromatic carbocycles. The number of fused-ring (bicyclic) bond motifs is 1. The molecule has 2 saturated heterocycles. The normalized spacial score (nSPS) is 26.9. The number of nitrogens with one attached hydrogen (secondary N) is 1. The number of anilines is 1. The van der Waals surface area contributed by atoms with E-state index in [0.29, 0.717) is 0 Å². The van der Waals surface area contributed by atoms with Crippen LogP contribution in [0.1, 0.15) is 38.3 Å². The van der Waals surface area contributed by atoms with Gasteiger partial charge in [0, 0.05) is 31.1 Å². The second-order valence-corrected chi connectivity index (χ2v) is 7.32. The molecule has 1 aromatic heterocycles. The first kappa shape index (κ1) is 15.3. The number of hydrogen-bond donors (Lipinski definition) is 1. The van der Waals surface area contributed by atoms with Gasteiger partial charge in [0.15, 0.2) is 5.13 Å². The molecule has 2 atom stereocenters. The molecule has 118 valence electrons. The van der Waals surface area contributed by atoms with Crippen LogP contribution in [-0.2, 0) is 6.54 Å². The van der Waals surface area contributed by atoms with Gasteiger partial charge in [-0.2, -0.15) is 0 Å². The Balaban J connectivity index is 1.58. The van der Waals surface area contributed by atoms with Crippen LogP contribution < -0.4 is 10.2 Å². The first-order valence-corrected chi connectivity index (χ1v) is 9.26. The number of piperidine rings is 2. The summed E-state index contributed by atoms with van der Waals surface area (Å²) in [6, 6.07) is 0.806. The molecule has 2 aliphatic rings. The Morgan fingerprint density at radius 2 is 2.29 bits per heavy atom. The van der Waals surface area contributed by atoms with Gasteiger partial charge in [-0.05, 0) is 51.7 Å². The van der Waals surface area contributed by atoms with E-state index in [2.05, 4.69) is 34.5 Å². The van der Waals surface area contributed by atoms with Gasteiger partial charge in [0.25, 0.3) is 0 Å². The monoisotopic (exact) mass is 308 g/mol. The van der Waals surface area contributed by atoms with Crippen LogP contribution in [0.2, 0.25) is 0 Å². The lowest BCUT2D eigenvalue weighted by Gasteiger charge is -2.45. The zero-order valence-corrected chi connectivity index (χ0v) is 14.2. The van der Waals surface area contributed by atoms with E-state index < -0.39 is 0 Å². The third kappa shape index (κ3) is 3.58. The van der Waals surface area contributed by atoms with Crippen LogP contribution in [0.4, 0.5) is 5.13 Å². The Labute approximate surface area is 132 Å². The molecule has 1 aromatic rings. The molecule has 0 spiro atoms. The minimum absolute atomic E-state index is 0.806. The number of thiazole rings is 1. The van der Waals surface area contributed by atoms with E-state index in [4.69, 9.17) is 4.98 Å². The molecule has 2 unspecified atom stereocenters. The molecule has 3 heterocycles. The topological polar surface area (TPSA) is 31.4 Å². The molecule has 0 saturated carbocycles. The summed E-state index contributed by atoms with van der Waals surface area (Å²) in [6.07, 6.45) is 5.22. The maximum Gasteiger partial charge on any atom is 0.185 e. The highest BCUT2D eigenvalue weighted by Crippen LogP contribution is 2.33. The fourth-order valence-corrected chi connectivity index (χ4v) is 4.60. The predicted molar refractivity (Wildman–Crippen MR) is 90.1 cm³/mol. The van der Waals surface area contributed by atoms with Crippen molar-refractivity contribution >= 4 is 16.5 Å². The quantitative estimate of drug-likeness (QED) is 0.847. The average molecular weight is 308 g/mol. The number of likely N-dealkylation sites (tertiary alicyclic amines) is 1. The zero-order chi connectivity index (χ0) is 14.7. The maximum atomic E-state index is 4.83. The van der Waals surface area contributed by atoms with Gasteiger partial charge in [-0.1, -0.05) is 6.92 Å². The minimum Gasteiger partial charge on any atom is -0.348 e. The van der Waals surface area contributed by atoms with Gasteiger partial charge in [-0.3, -0.25) is 0 Å². The molecule has 0 bridgehead atoms. The summed E-state index contributed by atoms with van der Waals surface area (Å²) in [5.74, 6) is 0.836. The molecule has 0 aliphatic carbocycles. The Kier molecular flexibility index (Phi) is 5.14. The van der Waals surface area contributed by atoms with Crippen molar-refractivity contribution in [3.8, 4) is 0 Å². The Morgan fingerprint density at radius 1 is 1.38 bits per heavy atom. The van der Waals surface area contributed by atoms with E-state index in [1.807, 2.05) is 11.3 Å². The van der Waals surface area contributed by atoms with E-state index in [9.17, 15) is 0 Å². The summed E-state index contributed by atoms with van der Waals surface area (Å²) in [6.45, 7) is 7.83. The van der Waals surface area contributed by atoms with Gasteiger partial charge in [-0.25, -0.2) is 4.98 Å². The predicted octanol–water partition coefficient (Wildman–Crippen LogP) is 2.56. The van der Waals surface area contributed by atoms with Crippen molar-refractivity contribution in [3.05, 3.63) is 11.1 Å². The number of rotatable bonds is 5. The van der Waals surface area contributed by atoms with Crippen molar-refractivity contribution in [1.29, 1.82) is 0 Å². The molecular formula is C16H28N4S. The summed E-state index contributed by atoms with van der Waals surface area (Å²) < 4.78 is 0. The van der Waals surface area contributed by atoms with Crippen LogP contribution >= 0.6 is 11.3 Å². The molecule has 4 nitrogen and oxygen atoms in total. The Morgan fingerprint density at radius 3 is 3.14 bits per heavy atom. The number of aromatic nitrogens is 1. The van der Waals surface area contributed by atoms with Crippen molar-refractivity contribution in [2.24, 2.45) is 5.92 Å². The Hall–Kier alpha value is -0.650. The van der Waals surface area contributed by atoms with E-state index in [1.54, 1.807) is 0 Å². The SMILES string of the molecule is CCCNCc1csc(N2CCC3C(CCCN3C)C2)n1. The molecule has 3 rings (SSSR count). The molecular weight excluding hydrogens is 280 g/mol. The lowest BCUT2D eigenvalue weighted by atomic mass is 9.84. The first-order chi connectivity index (χ1) is 10.3. The lowest BCUT2D eigenvalue weighted by Crippen LogP contribution is -2.52. The summed E-state index contributed by atoms with van der Waals surface area (Å²) in [5.41, 5.74) is 1.20. The highest BCUT2D eigenvalue weighted by molar-refractivity contribution is 7.13. The molecule has 21 heavy (non-hydrogen) atoms. The molecule has 2 fully saturated rings. The van der Waals surface area contributed by atoms with Crippen molar-refractivity contribution in [2.45, 2.75) is 45.2 Å². The second kappa shape index (κ2) is 7.07. The van der Waals surface area contributed by atoms with Gasteiger partial charge >= 0.3 is 0 Å². The van der Waals surface area contributed by atoms with Crippen molar-refractivity contribution in [1.82, 2.24) is 15.2 Å². The van der Waals surface area contributed by atoms with Gasteiger partial charge in [0.1, 0.15) is 0 Å². The van der Waals surface area contributed by atoms with Crippen molar-refractivity contribution in [2.75, 3.05) is 38.1 Å². The third-order valence-corrected chi connectivity index (χ3v) is 5.84. The van der Waals surface area contributed by atoms with E-state index in [-0.39, 0.29) is 0 Å². The fourth-order valence-electron chi connectivity index (χ4n) is 3.74. The zero-order valence-electron chi connectivity index (χ0n) is 13.3. The van der Waals surface area contributed by atoms with E-state index in [1.165, 1.54) is 56.1 Å². The molecule has 5 heteroatoms. The highest BCUT2D eigenvalue weighted by Gasteiger charge is 2.34. The smallest absolute Gasteiger partial charge is 0.185 e. The van der Waals surface area contributed by atoms with Crippen LogP contribution in [0, 0.1) is 5.92 Å². The van der Waals surface area contributed by atoms with E-state index in [0.717, 1.165) is 25.0 Å². The van der Waals surface area contributed by atoms with Crippen LogP contribution in [-0.4, -0.2) is 49.2 Å².